The third-order valence-corrected chi connectivity index (χ3v) is 3.09. The van der Waals surface area contributed by atoms with Crippen molar-refractivity contribution in [1.82, 2.24) is 4.98 Å². The number of hydrogen-bond donors (Lipinski definition) is 0. The summed E-state index contributed by atoms with van der Waals surface area (Å²) in [6, 6.07) is 25.0. The Morgan fingerprint density at radius 2 is 1.08 bits per heavy atom. The zero-order chi connectivity index (χ0) is 16.5. The van der Waals surface area contributed by atoms with Gasteiger partial charge in [0.15, 0.2) is 6.68 Å². The molecule has 0 bridgehead atoms. The van der Waals surface area contributed by atoms with Crippen molar-refractivity contribution >= 4 is 21.5 Å². The van der Waals surface area contributed by atoms with Gasteiger partial charge in [-0.25, -0.2) is 0 Å². The van der Waals surface area contributed by atoms with E-state index in [4.69, 9.17) is 0 Å². The number of rotatable bonds is 0. The minimum atomic E-state index is -3.08. The van der Waals surface area contributed by atoms with Crippen LogP contribution in [0.4, 0.5) is 13.2 Å². The molecular formula is C19H14F3IrN-2. The van der Waals surface area contributed by atoms with Crippen LogP contribution in [0.1, 0.15) is 0 Å². The topological polar surface area (TPSA) is 12.9 Å². The molecule has 4 rings (SSSR count). The van der Waals surface area contributed by atoms with E-state index in [9.17, 15) is 13.2 Å². The molecule has 127 valence electrons. The third-order valence-electron chi connectivity index (χ3n) is 3.09. The van der Waals surface area contributed by atoms with Crippen LogP contribution in [-0.2, 0) is 20.1 Å². The van der Waals surface area contributed by atoms with Crippen LogP contribution < -0.4 is 0 Å². The summed E-state index contributed by atoms with van der Waals surface area (Å²) in [5.74, 6) is 0. The van der Waals surface area contributed by atoms with Gasteiger partial charge in [0.05, 0.1) is 0 Å². The van der Waals surface area contributed by atoms with Gasteiger partial charge in [0.25, 0.3) is 0 Å². The largest absolute Gasteiger partial charge is 0.385 e. The van der Waals surface area contributed by atoms with E-state index in [1.54, 1.807) is 12.4 Å². The molecule has 0 aliphatic rings. The van der Waals surface area contributed by atoms with Gasteiger partial charge in [-0.1, -0.05) is 42.5 Å². The average molecular weight is 506 g/mol. The maximum atomic E-state index is 9.58. The fourth-order valence-corrected chi connectivity index (χ4v) is 2.22. The number of halogens is 3. The maximum Gasteiger partial charge on any atom is 0.154 e. The minimum absolute atomic E-state index is 0. The van der Waals surface area contributed by atoms with Gasteiger partial charge in [-0.3, -0.25) is 4.98 Å². The molecule has 0 atom stereocenters. The standard InChI is InChI=1S/C13H9.C5H5N.CF3.Ir/c1-3-7-12-10(5-1)9-11-6-2-4-8-13(11)12;1-2-4-6-5-3-1;2-1(3)4;/h1-9H;1-5H;;/q-1;;-1;. The number of nitrogens with zero attached hydrogens (tertiary/aromatic N) is 1. The van der Waals surface area contributed by atoms with Crippen molar-refractivity contribution in [1.29, 1.82) is 0 Å². The van der Waals surface area contributed by atoms with Crippen molar-refractivity contribution in [2.75, 3.05) is 0 Å². The van der Waals surface area contributed by atoms with E-state index in [0.717, 1.165) is 0 Å². The van der Waals surface area contributed by atoms with Crippen molar-refractivity contribution in [3.63, 3.8) is 0 Å². The molecule has 0 amide bonds. The smallest absolute Gasteiger partial charge is 0.154 e. The number of benzene rings is 2. The van der Waals surface area contributed by atoms with E-state index in [-0.39, 0.29) is 20.1 Å². The molecule has 0 saturated heterocycles. The molecule has 1 nitrogen and oxygen atoms in total. The molecule has 0 N–H and O–H groups in total. The average Bonchev–Trinajstić information content (AvgIpc) is 2.95. The van der Waals surface area contributed by atoms with Gasteiger partial charge in [0, 0.05) is 32.5 Å². The van der Waals surface area contributed by atoms with Crippen molar-refractivity contribution < 1.29 is 33.3 Å². The summed E-state index contributed by atoms with van der Waals surface area (Å²) < 4.78 is 28.8. The molecule has 3 aromatic carbocycles. The normalized spacial score (nSPS) is 9.50. The Bertz CT molecular complexity index is 752. The molecule has 1 heterocycles. The van der Waals surface area contributed by atoms with E-state index in [0.29, 0.717) is 0 Å². The summed E-state index contributed by atoms with van der Waals surface area (Å²) in [6.07, 6.45) is 3.50. The molecule has 1 aromatic heterocycles. The second-order valence-corrected chi connectivity index (χ2v) is 4.56. The molecule has 0 aliphatic carbocycles. The molecule has 4 aromatic rings. The van der Waals surface area contributed by atoms with Crippen LogP contribution in [0.15, 0.2) is 85.2 Å². The zero-order valence-corrected chi connectivity index (χ0v) is 14.9. The molecule has 5 heteroatoms. The Morgan fingerprint density at radius 1 is 0.667 bits per heavy atom. The van der Waals surface area contributed by atoms with E-state index < -0.39 is 6.68 Å². The van der Waals surface area contributed by atoms with Crippen LogP contribution in [0.2, 0.25) is 0 Å². The summed E-state index contributed by atoms with van der Waals surface area (Å²) >= 11 is 0. The Kier molecular flexibility index (Phi) is 8.84. The Balaban J connectivity index is 0.000000222. The fraction of sp³-hybridized carbons (Fsp3) is 0. The number of hydrogen-bond acceptors (Lipinski definition) is 1. The Morgan fingerprint density at radius 3 is 1.42 bits per heavy atom. The first kappa shape index (κ1) is 19.9. The summed E-state index contributed by atoms with van der Waals surface area (Å²) in [7, 11) is 0. The van der Waals surface area contributed by atoms with Crippen LogP contribution in [0.5, 0.6) is 0 Å². The van der Waals surface area contributed by atoms with Gasteiger partial charge in [-0.15, -0.1) is 39.7 Å². The zero-order valence-electron chi connectivity index (χ0n) is 12.5. The van der Waals surface area contributed by atoms with Crippen molar-refractivity contribution in [2.24, 2.45) is 0 Å². The Hall–Kier alpha value is -2.10. The third kappa shape index (κ3) is 6.19. The predicted molar refractivity (Wildman–Crippen MR) is 87.9 cm³/mol. The van der Waals surface area contributed by atoms with E-state index >= 15 is 0 Å². The molecule has 0 saturated carbocycles. The van der Waals surface area contributed by atoms with Crippen molar-refractivity contribution in [2.45, 2.75) is 0 Å². The van der Waals surface area contributed by atoms with Crippen LogP contribution >= 0.6 is 0 Å². The summed E-state index contributed by atoms with van der Waals surface area (Å²) in [5, 5.41) is 5.39. The van der Waals surface area contributed by atoms with Gasteiger partial charge in [-0.05, 0) is 12.1 Å². The van der Waals surface area contributed by atoms with Crippen molar-refractivity contribution in [3.05, 3.63) is 91.9 Å². The second-order valence-electron chi connectivity index (χ2n) is 4.56. The molecule has 0 spiro atoms. The molecule has 0 fully saturated rings. The quantitative estimate of drug-likeness (QED) is 0.262. The number of pyridine rings is 1. The van der Waals surface area contributed by atoms with Gasteiger partial charge >= 0.3 is 0 Å². The predicted octanol–water partition coefficient (Wildman–Crippen LogP) is 6.13. The molecular weight excluding hydrogens is 491 g/mol. The van der Waals surface area contributed by atoms with Crippen LogP contribution in [0.3, 0.4) is 0 Å². The van der Waals surface area contributed by atoms with Crippen LogP contribution in [0, 0.1) is 6.68 Å². The van der Waals surface area contributed by atoms with Gasteiger partial charge in [-0.2, -0.15) is 0 Å². The summed E-state index contributed by atoms with van der Waals surface area (Å²) in [6.45, 7) is -3.08. The first-order chi connectivity index (χ1) is 11.2. The molecule has 24 heavy (non-hydrogen) atoms. The second kappa shape index (κ2) is 10.6. The van der Waals surface area contributed by atoms with Gasteiger partial charge in [0.2, 0.25) is 0 Å². The molecule has 1 radical (unpaired) electrons. The summed E-state index contributed by atoms with van der Waals surface area (Å²) in [5.41, 5.74) is 0. The number of fused-ring (bicyclic) bond motifs is 3. The van der Waals surface area contributed by atoms with Crippen LogP contribution in [-0.4, -0.2) is 4.98 Å². The fourth-order valence-electron chi connectivity index (χ4n) is 2.22. The molecule has 0 unspecified atom stereocenters. The first-order valence-corrected chi connectivity index (χ1v) is 6.90. The SMILES string of the molecule is F[C-](F)F.[Ir].c1ccc2c(c1)[cH-]c1ccccc12.c1ccncc1. The minimum Gasteiger partial charge on any atom is -0.385 e. The molecule has 0 aliphatic heterocycles. The first-order valence-electron chi connectivity index (χ1n) is 6.90. The maximum absolute atomic E-state index is 9.58. The van der Waals surface area contributed by atoms with E-state index in [2.05, 4.69) is 59.6 Å². The van der Waals surface area contributed by atoms with Gasteiger partial charge in [0.1, 0.15) is 0 Å². The Labute approximate surface area is 151 Å². The van der Waals surface area contributed by atoms with E-state index in [1.807, 2.05) is 18.2 Å². The van der Waals surface area contributed by atoms with E-state index in [1.165, 1.54) is 21.5 Å². The monoisotopic (exact) mass is 506 g/mol. The van der Waals surface area contributed by atoms with Gasteiger partial charge < -0.3 is 13.2 Å². The number of aromatic nitrogens is 1. The van der Waals surface area contributed by atoms with Crippen LogP contribution in [0.25, 0.3) is 21.5 Å². The van der Waals surface area contributed by atoms with Crippen molar-refractivity contribution in [3.8, 4) is 0 Å². The summed E-state index contributed by atoms with van der Waals surface area (Å²) in [4.78, 5) is 3.78.